The zero-order valence-corrected chi connectivity index (χ0v) is 11.6. The topological polar surface area (TPSA) is 32.8 Å². The van der Waals surface area contributed by atoms with Crippen LogP contribution in [0.4, 0.5) is 0 Å². The quantitative estimate of drug-likeness (QED) is 0.681. The molecule has 0 aromatic carbocycles. The fourth-order valence-electron chi connectivity index (χ4n) is 2.28. The van der Waals surface area contributed by atoms with Crippen molar-refractivity contribution in [1.29, 1.82) is 0 Å². The average molecular weight is 242 g/mol. The second-order valence-corrected chi connectivity index (χ2v) is 5.02. The fraction of sp³-hybridized carbons (Fsp3) is 0.923. The molecule has 1 unspecified atom stereocenters. The maximum atomic E-state index is 11.4. The number of carbonyl (C=O) groups excluding carboxylic acids is 1. The number of rotatable bonds is 5. The van der Waals surface area contributed by atoms with Crippen LogP contribution < -0.4 is 0 Å². The van der Waals surface area contributed by atoms with Gasteiger partial charge in [-0.1, -0.05) is 0 Å². The van der Waals surface area contributed by atoms with E-state index in [1.807, 2.05) is 6.92 Å². The van der Waals surface area contributed by atoms with Crippen molar-refractivity contribution in [2.24, 2.45) is 0 Å². The van der Waals surface area contributed by atoms with Crippen LogP contribution in [-0.2, 0) is 9.53 Å². The van der Waals surface area contributed by atoms with E-state index in [4.69, 9.17) is 4.74 Å². The molecule has 4 heteroatoms. The van der Waals surface area contributed by atoms with E-state index in [9.17, 15) is 4.79 Å². The zero-order valence-electron chi connectivity index (χ0n) is 11.6. The van der Waals surface area contributed by atoms with Crippen LogP contribution in [0.2, 0.25) is 0 Å². The van der Waals surface area contributed by atoms with Crippen LogP contribution in [0.5, 0.6) is 0 Å². The first kappa shape index (κ1) is 14.5. The summed E-state index contributed by atoms with van der Waals surface area (Å²) in [5.74, 6) is -0.0775. The van der Waals surface area contributed by atoms with Gasteiger partial charge in [-0.2, -0.15) is 0 Å². The molecule has 0 aromatic heterocycles. The molecule has 17 heavy (non-hydrogen) atoms. The number of piperazine rings is 1. The van der Waals surface area contributed by atoms with Crippen LogP contribution in [0.1, 0.15) is 34.1 Å². The number of nitrogens with zero attached hydrogens (tertiary/aromatic N) is 2. The summed E-state index contributed by atoms with van der Waals surface area (Å²) in [6, 6.07) is 0.917. The van der Waals surface area contributed by atoms with Crippen LogP contribution in [0, 0.1) is 0 Å². The van der Waals surface area contributed by atoms with Crippen LogP contribution in [0.25, 0.3) is 0 Å². The Balaban J connectivity index is 2.30. The van der Waals surface area contributed by atoms with Crippen LogP contribution in [0.15, 0.2) is 0 Å². The van der Waals surface area contributed by atoms with Gasteiger partial charge in [0.15, 0.2) is 0 Å². The van der Waals surface area contributed by atoms with Crippen molar-refractivity contribution in [1.82, 2.24) is 9.80 Å². The van der Waals surface area contributed by atoms with Crippen molar-refractivity contribution in [2.75, 3.05) is 32.8 Å². The molecule has 1 atom stereocenters. The molecule has 1 aliphatic rings. The smallest absolute Gasteiger partial charge is 0.307 e. The van der Waals surface area contributed by atoms with E-state index in [1.165, 1.54) is 0 Å². The number of esters is 1. The van der Waals surface area contributed by atoms with Gasteiger partial charge in [-0.25, -0.2) is 0 Å². The zero-order chi connectivity index (χ0) is 12.8. The lowest BCUT2D eigenvalue weighted by molar-refractivity contribution is -0.144. The predicted molar refractivity (Wildman–Crippen MR) is 69.0 cm³/mol. The summed E-state index contributed by atoms with van der Waals surface area (Å²) in [6.45, 7) is 13.2. The molecule has 0 N–H and O–H groups in total. The van der Waals surface area contributed by atoms with E-state index in [-0.39, 0.29) is 5.97 Å². The lowest BCUT2D eigenvalue weighted by Gasteiger charge is -2.39. The van der Waals surface area contributed by atoms with Crippen LogP contribution >= 0.6 is 0 Å². The van der Waals surface area contributed by atoms with Gasteiger partial charge in [-0.15, -0.1) is 0 Å². The Hall–Kier alpha value is -0.610. The fourth-order valence-corrected chi connectivity index (χ4v) is 2.28. The first-order valence-electron chi connectivity index (χ1n) is 6.68. The Kier molecular flexibility index (Phi) is 5.92. The lowest BCUT2D eigenvalue weighted by atomic mass is 10.1. The summed E-state index contributed by atoms with van der Waals surface area (Å²) in [7, 11) is 0. The molecular formula is C13H26N2O2. The molecule has 1 heterocycles. The predicted octanol–water partition coefficient (Wildman–Crippen LogP) is 1.35. The van der Waals surface area contributed by atoms with E-state index in [2.05, 4.69) is 30.6 Å². The van der Waals surface area contributed by atoms with Gasteiger partial charge in [-0.05, 0) is 27.7 Å². The second kappa shape index (κ2) is 6.97. The molecule has 0 bridgehead atoms. The highest BCUT2D eigenvalue weighted by Crippen LogP contribution is 2.11. The third kappa shape index (κ3) is 4.64. The number of carbonyl (C=O) groups is 1. The van der Waals surface area contributed by atoms with E-state index in [1.54, 1.807) is 0 Å². The molecule has 4 nitrogen and oxygen atoms in total. The summed E-state index contributed by atoms with van der Waals surface area (Å²) in [5.41, 5.74) is 0. The second-order valence-electron chi connectivity index (χ2n) is 5.02. The Labute approximate surface area is 105 Å². The maximum Gasteiger partial charge on any atom is 0.307 e. The van der Waals surface area contributed by atoms with Crippen molar-refractivity contribution >= 4 is 5.97 Å². The van der Waals surface area contributed by atoms with E-state index in [0.717, 1.165) is 26.2 Å². The summed E-state index contributed by atoms with van der Waals surface area (Å²) in [5, 5.41) is 0. The molecule has 0 aliphatic carbocycles. The first-order valence-corrected chi connectivity index (χ1v) is 6.68. The van der Waals surface area contributed by atoms with Gasteiger partial charge in [0.05, 0.1) is 13.0 Å². The summed E-state index contributed by atoms with van der Waals surface area (Å²) < 4.78 is 4.99. The highest BCUT2D eigenvalue weighted by Gasteiger charge is 2.23. The first-order chi connectivity index (χ1) is 8.04. The Morgan fingerprint density at radius 1 is 1.12 bits per heavy atom. The maximum absolute atomic E-state index is 11.4. The standard InChI is InChI=1S/C13H26N2O2/c1-5-17-13(16)10-12(4)15-8-6-14(7-9-15)11(2)3/h11-12H,5-10H2,1-4H3. The van der Waals surface area contributed by atoms with Crippen molar-refractivity contribution in [3.05, 3.63) is 0 Å². The molecule has 1 fully saturated rings. The summed E-state index contributed by atoms with van der Waals surface area (Å²) in [4.78, 5) is 16.3. The molecule has 0 aromatic rings. The van der Waals surface area contributed by atoms with Gasteiger partial charge in [0.2, 0.25) is 0 Å². The molecular weight excluding hydrogens is 216 g/mol. The number of hydrogen-bond acceptors (Lipinski definition) is 4. The molecule has 1 saturated heterocycles. The highest BCUT2D eigenvalue weighted by molar-refractivity contribution is 5.70. The molecule has 0 spiro atoms. The van der Waals surface area contributed by atoms with Crippen molar-refractivity contribution in [3.63, 3.8) is 0 Å². The SMILES string of the molecule is CCOC(=O)CC(C)N1CCN(C(C)C)CC1. The highest BCUT2D eigenvalue weighted by atomic mass is 16.5. The van der Waals surface area contributed by atoms with E-state index < -0.39 is 0 Å². The van der Waals surface area contributed by atoms with Gasteiger partial charge in [0.1, 0.15) is 0 Å². The molecule has 0 radical (unpaired) electrons. The molecule has 100 valence electrons. The van der Waals surface area contributed by atoms with Gasteiger partial charge in [0, 0.05) is 38.3 Å². The van der Waals surface area contributed by atoms with Crippen molar-refractivity contribution in [3.8, 4) is 0 Å². The Morgan fingerprint density at radius 3 is 2.12 bits per heavy atom. The van der Waals surface area contributed by atoms with Crippen molar-refractivity contribution in [2.45, 2.75) is 46.2 Å². The molecule has 0 saturated carbocycles. The van der Waals surface area contributed by atoms with Crippen LogP contribution in [-0.4, -0.2) is 60.6 Å². The Bertz CT molecular complexity index is 236. The molecule has 1 aliphatic heterocycles. The third-order valence-corrected chi connectivity index (χ3v) is 3.47. The van der Waals surface area contributed by atoms with Gasteiger partial charge >= 0.3 is 5.97 Å². The van der Waals surface area contributed by atoms with E-state index in [0.29, 0.717) is 25.1 Å². The normalized spacial score (nSPS) is 20.5. The van der Waals surface area contributed by atoms with Gasteiger partial charge in [-0.3, -0.25) is 14.6 Å². The van der Waals surface area contributed by atoms with Gasteiger partial charge in [0.25, 0.3) is 0 Å². The van der Waals surface area contributed by atoms with E-state index >= 15 is 0 Å². The van der Waals surface area contributed by atoms with Crippen LogP contribution in [0.3, 0.4) is 0 Å². The van der Waals surface area contributed by atoms with Gasteiger partial charge < -0.3 is 4.74 Å². The minimum absolute atomic E-state index is 0.0775. The number of hydrogen-bond donors (Lipinski definition) is 0. The summed E-state index contributed by atoms with van der Waals surface area (Å²) in [6.07, 6.45) is 0.509. The molecule has 1 rings (SSSR count). The third-order valence-electron chi connectivity index (χ3n) is 3.47. The minimum atomic E-state index is -0.0775. The summed E-state index contributed by atoms with van der Waals surface area (Å²) >= 11 is 0. The minimum Gasteiger partial charge on any atom is -0.466 e. The lowest BCUT2D eigenvalue weighted by Crippen LogP contribution is -2.51. The van der Waals surface area contributed by atoms with Crippen molar-refractivity contribution < 1.29 is 9.53 Å². The Morgan fingerprint density at radius 2 is 1.65 bits per heavy atom. The number of ether oxygens (including phenoxy) is 1. The molecule has 0 amide bonds. The average Bonchev–Trinajstić information content (AvgIpc) is 2.29. The largest absolute Gasteiger partial charge is 0.466 e. The monoisotopic (exact) mass is 242 g/mol.